The zero-order valence-electron chi connectivity index (χ0n) is 17.1. The Balaban J connectivity index is 1.27. The number of amides is 1. The maximum absolute atomic E-state index is 13.3. The molecule has 1 saturated heterocycles. The molecule has 31 heavy (non-hydrogen) atoms. The fraction of sp³-hybridized carbons (Fsp3) is 0.500. The van der Waals surface area contributed by atoms with Crippen LogP contribution in [0.2, 0.25) is 5.02 Å². The third kappa shape index (κ3) is 4.75. The van der Waals surface area contributed by atoms with Crippen LogP contribution in [-0.4, -0.2) is 38.8 Å². The standard InChI is InChI=1S/C22H25ClFN3O4/c23-16-11-15(5-6-17(16)24)26-22(30)14-3-1-13(2-4-14)12-25-18-19(21(29)20(18)28)27-7-9-31-10-8-27/h5-6,11,13-14,25H,1-4,7-10,12H2,(H,26,30). The highest BCUT2D eigenvalue weighted by Crippen LogP contribution is 2.31. The summed E-state index contributed by atoms with van der Waals surface area (Å²) in [6, 6.07) is 4.12. The zero-order chi connectivity index (χ0) is 22.0. The van der Waals surface area contributed by atoms with Crippen molar-refractivity contribution in [3.63, 3.8) is 0 Å². The van der Waals surface area contributed by atoms with E-state index in [1.165, 1.54) is 18.2 Å². The quantitative estimate of drug-likeness (QED) is 0.659. The molecule has 2 fully saturated rings. The molecule has 166 valence electrons. The van der Waals surface area contributed by atoms with Gasteiger partial charge in [-0.3, -0.25) is 14.4 Å². The van der Waals surface area contributed by atoms with E-state index in [4.69, 9.17) is 16.3 Å². The number of anilines is 3. The number of hydrogen-bond acceptors (Lipinski definition) is 6. The molecule has 2 aromatic carbocycles. The molecule has 4 rings (SSSR count). The minimum atomic E-state index is -0.522. The second-order valence-corrected chi connectivity index (χ2v) is 8.61. The Morgan fingerprint density at radius 3 is 2.52 bits per heavy atom. The van der Waals surface area contributed by atoms with Gasteiger partial charge in [0.1, 0.15) is 17.2 Å². The normalized spacial score (nSPS) is 21.8. The molecule has 0 radical (unpaired) electrons. The molecule has 0 atom stereocenters. The molecule has 7 nitrogen and oxygen atoms in total. The van der Waals surface area contributed by atoms with Gasteiger partial charge in [0.25, 0.3) is 10.9 Å². The van der Waals surface area contributed by atoms with Crippen molar-refractivity contribution in [1.29, 1.82) is 0 Å². The van der Waals surface area contributed by atoms with Gasteiger partial charge in [-0.2, -0.15) is 0 Å². The molecule has 2 N–H and O–H groups in total. The van der Waals surface area contributed by atoms with Crippen molar-refractivity contribution >= 4 is 34.6 Å². The van der Waals surface area contributed by atoms with Gasteiger partial charge < -0.3 is 20.3 Å². The lowest BCUT2D eigenvalue weighted by molar-refractivity contribution is -0.121. The molecule has 1 aliphatic heterocycles. The Kier molecular flexibility index (Phi) is 6.57. The van der Waals surface area contributed by atoms with Gasteiger partial charge >= 0.3 is 0 Å². The van der Waals surface area contributed by atoms with Crippen LogP contribution in [0.15, 0.2) is 27.8 Å². The SMILES string of the molecule is O=C(Nc1ccc(F)c(Cl)c1)C1CCC(CNc2c(N3CCOCC3)c(=O)c2=O)CC1. The van der Waals surface area contributed by atoms with Crippen molar-refractivity contribution in [2.45, 2.75) is 25.7 Å². The summed E-state index contributed by atoms with van der Waals surface area (Å²) in [4.78, 5) is 38.5. The van der Waals surface area contributed by atoms with E-state index in [1.807, 2.05) is 4.90 Å². The molecule has 1 heterocycles. The summed E-state index contributed by atoms with van der Waals surface area (Å²) in [7, 11) is 0. The molecule has 0 bridgehead atoms. The van der Waals surface area contributed by atoms with E-state index in [9.17, 15) is 18.8 Å². The summed E-state index contributed by atoms with van der Waals surface area (Å²) in [6.07, 6.45) is 3.15. The van der Waals surface area contributed by atoms with Crippen molar-refractivity contribution in [1.82, 2.24) is 0 Å². The van der Waals surface area contributed by atoms with Crippen LogP contribution >= 0.6 is 11.6 Å². The second-order valence-electron chi connectivity index (χ2n) is 8.20. The van der Waals surface area contributed by atoms with Crippen molar-refractivity contribution in [2.24, 2.45) is 11.8 Å². The third-order valence-corrected chi connectivity index (χ3v) is 6.47. The van der Waals surface area contributed by atoms with Gasteiger partial charge in [-0.25, -0.2) is 4.39 Å². The summed E-state index contributed by atoms with van der Waals surface area (Å²) in [6.45, 7) is 2.92. The lowest BCUT2D eigenvalue weighted by Gasteiger charge is -2.32. The van der Waals surface area contributed by atoms with Crippen molar-refractivity contribution in [3.05, 3.63) is 49.5 Å². The average molecular weight is 450 g/mol. The number of carbonyl (C=O) groups is 1. The van der Waals surface area contributed by atoms with Gasteiger partial charge in [0, 0.05) is 31.2 Å². The Hall–Kier alpha value is -2.45. The largest absolute Gasteiger partial charge is 0.380 e. The first-order chi connectivity index (χ1) is 14.9. The van der Waals surface area contributed by atoms with Crippen LogP contribution in [0.4, 0.5) is 21.5 Å². The topological polar surface area (TPSA) is 87.7 Å². The van der Waals surface area contributed by atoms with E-state index in [1.54, 1.807) is 0 Å². The smallest absolute Gasteiger partial charge is 0.253 e. The molecular weight excluding hydrogens is 425 g/mol. The molecule has 1 amide bonds. The van der Waals surface area contributed by atoms with E-state index >= 15 is 0 Å². The Labute approximate surface area is 184 Å². The number of rotatable bonds is 6. The number of halogens is 2. The highest BCUT2D eigenvalue weighted by atomic mass is 35.5. The van der Waals surface area contributed by atoms with Crippen LogP contribution in [0.5, 0.6) is 0 Å². The number of ether oxygens (including phenoxy) is 1. The lowest BCUT2D eigenvalue weighted by atomic mass is 9.81. The first-order valence-corrected chi connectivity index (χ1v) is 11.0. The Morgan fingerprint density at radius 1 is 1.13 bits per heavy atom. The summed E-state index contributed by atoms with van der Waals surface area (Å²) in [5.74, 6) is -0.404. The first-order valence-electron chi connectivity index (χ1n) is 10.6. The predicted molar refractivity (Wildman–Crippen MR) is 118 cm³/mol. The molecule has 0 aromatic heterocycles. The summed E-state index contributed by atoms with van der Waals surface area (Å²) < 4.78 is 18.6. The molecule has 2 aliphatic rings. The van der Waals surface area contributed by atoms with Gasteiger partial charge in [0.05, 0.1) is 18.2 Å². The number of carbonyl (C=O) groups excluding carboxylic acids is 1. The predicted octanol–water partition coefficient (Wildman–Crippen LogP) is 2.77. The minimum Gasteiger partial charge on any atom is -0.380 e. The number of nitrogens with one attached hydrogen (secondary N) is 2. The van der Waals surface area contributed by atoms with Crippen LogP contribution in [0.25, 0.3) is 0 Å². The van der Waals surface area contributed by atoms with Crippen molar-refractivity contribution < 1.29 is 13.9 Å². The number of nitrogens with zero attached hydrogens (tertiary/aromatic N) is 1. The minimum absolute atomic E-state index is 0.0256. The summed E-state index contributed by atoms with van der Waals surface area (Å²) in [5, 5.41) is 5.97. The summed E-state index contributed by atoms with van der Waals surface area (Å²) in [5.41, 5.74) is 0.508. The van der Waals surface area contributed by atoms with Crippen LogP contribution in [-0.2, 0) is 9.53 Å². The number of hydrogen-bond donors (Lipinski definition) is 2. The van der Waals surface area contributed by atoms with E-state index in [2.05, 4.69) is 10.6 Å². The van der Waals surface area contributed by atoms with Crippen LogP contribution in [0, 0.1) is 17.7 Å². The fourth-order valence-electron chi connectivity index (χ4n) is 4.33. The van der Waals surface area contributed by atoms with Gasteiger partial charge in [-0.05, 0) is 49.8 Å². The molecule has 1 aliphatic carbocycles. The highest BCUT2D eigenvalue weighted by molar-refractivity contribution is 6.31. The molecular formula is C22H25ClFN3O4. The molecule has 2 aromatic rings. The molecule has 1 saturated carbocycles. The second kappa shape index (κ2) is 9.36. The van der Waals surface area contributed by atoms with Crippen LogP contribution in [0.3, 0.4) is 0 Å². The van der Waals surface area contributed by atoms with E-state index in [-0.39, 0.29) is 16.8 Å². The van der Waals surface area contributed by atoms with Crippen molar-refractivity contribution in [2.75, 3.05) is 48.4 Å². The third-order valence-electron chi connectivity index (χ3n) is 6.18. The number of benzene rings is 1. The summed E-state index contributed by atoms with van der Waals surface area (Å²) >= 11 is 5.77. The van der Waals surface area contributed by atoms with E-state index in [0.29, 0.717) is 55.8 Å². The average Bonchev–Trinajstić information content (AvgIpc) is 2.79. The van der Waals surface area contributed by atoms with Crippen LogP contribution < -0.4 is 26.4 Å². The monoisotopic (exact) mass is 449 g/mol. The maximum Gasteiger partial charge on any atom is 0.253 e. The van der Waals surface area contributed by atoms with Gasteiger partial charge in [-0.15, -0.1) is 0 Å². The van der Waals surface area contributed by atoms with Gasteiger partial charge in [0.2, 0.25) is 5.91 Å². The van der Waals surface area contributed by atoms with Gasteiger partial charge in [-0.1, -0.05) is 11.6 Å². The molecule has 0 spiro atoms. The first kappa shape index (κ1) is 21.8. The molecule has 9 heteroatoms. The zero-order valence-corrected chi connectivity index (χ0v) is 17.8. The van der Waals surface area contributed by atoms with E-state index in [0.717, 1.165) is 25.7 Å². The fourth-order valence-corrected chi connectivity index (χ4v) is 4.51. The Morgan fingerprint density at radius 2 is 1.84 bits per heavy atom. The van der Waals surface area contributed by atoms with Crippen molar-refractivity contribution in [3.8, 4) is 0 Å². The van der Waals surface area contributed by atoms with Gasteiger partial charge in [0.15, 0.2) is 0 Å². The Bertz CT molecular complexity index is 1020. The van der Waals surface area contributed by atoms with Crippen LogP contribution in [0.1, 0.15) is 25.7 Å². The lowest BCUT2D eigenvalue weighted by Crippen LogP contribution is -2.47. The maximum atomic E-state index is 13.3. The molecule has 0 unspecified atom stereocenters. The highest BCUT2D eigenvalue weighted by Gasteiger charge is 2.30. The van der Waals surface area contributed by atoms with E-state index < -0.39 is 16.7 Å². The number of morpholine rings is 1.